The molecule has 0 aromatic carbocycles. The first kappa shape index (κ1) is 52.8. The fourth-order valence-electron chi connectivity index (χ4n) is 0. The summed E-state index contributed by atoms with van der Waals surface area (Å²) in [6, 6.07) is 0. The molecule has 0 aromatic rings. The molecule has 0 saturated heterocycles. The van der Waals surface area contributed by atoms with Gasteiger partial charge in [0.25, 0.3) is 0 Å². The normalized spacial score (nSPS) is 3.43. The molecule has 0 fully saturated rings. The third-order valence-electron chi connectivity index (χ3n) is 0. The van der Waals surface area contributed by atoms with E-state index in [2.05, 4.69) is 0 Å². The summed E-state index contributed by atoms with van der Waals surface area (Å²) in [6.45, 7) is 0. The first-order valence-electron chi connectivity index (χ1n) is 1.22. The Morgan fingerprint density at radius 1 is 0.643 bits per heavy atom. The van der Waals surface area contributed by atoms with Crippen molar-refractivity contribution >= 4 is 41.9 Å². The second kappa shape index (κ2) is 43.9. The second-order valence-electron chi connectivity index (χ2n) is 0.500. The number of hydrogen-bond acceptors (Lipinski definition) is 6. The van der Waals surface area contributed by atoms with Gasteiger partial charge in [-0.1, -0.05) is 0 Å². The van der Waals surface area contributed by atoms with Crippen molar-refractivity contribution in [3.63, 3.8) is 0 Å². The van der Waals surface area contributed by atoms with Crippen LogP contribution in [-0.4, -0.2) is 47.3 Å². The predicted molar refractivity (Wildman–Crippen MR) is 21.6 cm³/mol. The van der Waals surface area contributed by atoms with Gasteiger partial charge in [-0.25, -0.2) is 0 Å². The summed E-state index contributed by atoms with van der Waals surface area (Å²) in [5.41, 5.74) is 0. The van der Waals surface area contributed by atoms with Crippen molar-refractivity contribution in [3.8, 4) is 0 Å². The van der Waals surface area contributed by atoms with Crippen molar-refractivity contribution in [2.45, 2.75) is 0 Å². The molecule has 0 rings (SSSR count). The number of carboxylic acid groups (broad SMARTS) is 4. The van der Waals surface area contributed by atoms with E-state index in [-0.39, 0.29) is 153 Å². The molecule has 0 saturated carbocycles. The van der Waals surface area contributed by atoms with Gasteiger partial charge in [-0.2, -0.15) is 0 Å². The van der Waals surface area contributed by atoms with E-state index in [0.717, 1.165) is 0 Å². The number of carbonyl (C=O) groups is 2. The minimum atomic E-state index is -2.33. The third-order valence-corrected chi connectivity index (χ3v) is 0. The van der Waals surface area contributed by atoms with Crippen LogP contribution in [0.15, 0.2) is 0 Å². The molecule has 0 aliphatic carbocycles. The van der Waals surface area contributed by atoms with Crippen molar-refractivity contribution in [3.05, 3.63) is 0 Å². The molecule has 0 atom stereocenters. The topological polar surface area (TPSA) is 158 Å². The second-order valence-corrected chi connectivity index (χ2v) is 0.500. The predicted octanol–water partition coefficient (Wildman–Crippen LogP) is -18.4. The number of carbonyl (C=O) groups excluding carboxylic acids is 2. The Morgan fingerprint density at radius 3 is 0.643 bits per heavy atom. The van der Waals surface area contributed by atoms with Crippen LogP contribution in [0.5, 0.6) is 0 Å². The quantitative estimate of drug-likeness (QED) is 0.390. The van der Waals surface area contributed by atoms with Gasteiger partial charge < -0.3 is 35.5 Å². The Labute approximate surface area is 191 Å². The van der Waals surface area contributed by atoms with E-state index >= 15 is 0 Å². The molecule has 0 aliphatic rings. The fourth-order valence-corrected chi connectivity index (χ4v) is 0. The molecule has 0 bridgehead atoms. The molecule has 0 heterocycles. The van der Waals surface area contributed by atoms with Crippen LogP contribution in [0.4, 0.5) is 9.59 Å². The van der Waals surface area contributed by atoms with Crippen LogP contribution in [0.3, 0.4) is 0 Å². The minimum absolute atomic E-state index is 0. The van der Waals surface area contributed by atoms with Gasteiger partial charge in [-0.15, -0.1) is 0 Å². The van der Waals surface area contributed by atoms with Crippen LogP contribution >= 0.6 is 0 Å². The van der Waals surface area contributed by atoms with Crippen LogP contribution in [0.25, 0.3) is 0 Å². The van der Waals surface area contributed by atoms with Gasteiger partial charge in [-0.05, 0) is 12.3 Å². The van der Waals surface area contributed by atoms with E-state index < -0.39 is 12.3 Å². The summed E-state index contributed by atoms with van der Waals surface area (Å²) in [5.74, 6) is 0. The Hall–Kier alpha value is 3.50. The van der Waals surface area contributed by atoms with Gasteiger partial charge in [-0.3, -0.25) is 0 Å². The molecule has 58 valence electrons. The van der Waals surface area contributed by atoms with Gasteiger partial charge in [0, 0.05) is 0 Å². The van der Waals surface area contributed by atoms with Gasteiger partial charge in [0.15, 0.2) is 0 Å². The molecule has 0 amide bonds. The van der Waals surface area contributed by atoms with Gasteiger partial charge >= 0.3 is 148 Å². The summed E-state index contributed by atoms with van der Waals surface area (Å²) >= 11 is 0. The molecule has 0 unspecified atom stereocenters. The summed E-state index contributed by atoms with van der Waals surface area (Å²) in [7, 11) is 0. The SMILES string of the molecule is O.O=C([O-])[O-].O=C([O-])[O-].[Na+].[Na+].[Na+].[Na+].[NaH]. The van der Waals surface area contributed by atoms with Crippen LogP contribution in [0, 0.1) is 0 Å². The third kappa shape index (κ3) is 266. The molecule has 0 aromatic heterocycles. The molecular formula is C2H3Na5O7. The summed E-state index contributed by atoms with van der Waals surface area (Å²) in [4.78, 5) is 16.7. The molecule has 12 heteroatoms. The van der Waals surface area contributed by atoms with E-state index in [9.17, 15) is 0 Å². The van der Waals surface area contributed by atoms with Crippen LogP contribution in [0.1, 0.15) is 0 Å². The summed E-state index contributed by atoms with van der Waals surface area (Å²) in [5, 5.41) is 33.3. The van der Waals surface area contributed by atoms with Crippen molar-refractivity contribution in [2.24, 2.45) is 0 Å². The zero-order valence-corrected chi connectivity index (χ0v) is 15.9. The Morgan fingerprint density at radius 2 is 0.643 bits per heavy atom. The zero-order valence-electron chi connectivity index (χ0n) is 7.95. The monoisotopic (exact) mass is 254 g/mol. The maximum atomic E-state index is 8.33. The standard InChI is InChI=1S/2CH2O3.5Na.H2O.H/c2*2-1(3)4;;;;;;;/h2*(H2,2,3,4);;;;;;1H2;/q;;;4*+1;;/p-4. The molecule has 0 spiro atoms. The van der Waals surface area contributed by atoms with Crippen LogP contribution < -0.4 is 139 Å². The molecule has 7 nitrogen and oxygen atoms in total. The average Bonchev–Trinajstić information content (AvgIpc) is 1.25. The average molecular weight is 254 g/mol. The molecular weight excluding hydrogens is 251 g/mol. The van der Waals surface area contributed by atoms with Crippen molar-refractivity contribution in [1.82, 2.24) is 0 Å². The maximum absolute atomic E-state index is 8.33. The number of rotatable bonds is 0. The van der Waals surface area contributed by atoms with Crippen LogP contribution in [0.2, 0.25) is 0 Å². The fraction of sp³-hybridized carbons (Fsp3) is 0. The van der Waals surface area contributed by atoms with Crippen molar-refractivity contribution < 1.29 is 154 Å². The molecule has 14 heavy (non-hydrogen) atoms. The Kier molecular flexibility index (Phi) is 166. The molecule has 0 aliphatic heterocycles. The van der Waals surface area contributed by atoms with E-state index in [0.29, 0.717) is 0 Å². The Bertz CT molecular complexity index is 78.1. The van der Waals surface area contributed by atoms with Crippen molar-refractivity contribution in [2.75, 3.05) is 0 Å². The van der Waals surface area contributed by atoms with Crippen LogP contribution in [-0.2, 0) is 0 Å². The summed E-state index contributed by atoms with van der Waals surface area (Å²) in [6.07, 6.45) is -4.67. The Balaban J connectivity index is -0.00000000600. The van der Waals surface area contributed by atoms with E-state index in [1.165, 1.54) is 0 Å². The van der Waals surface area contributed by atoms with Crippen molar-refractivity contribution in [1.29, 1.82) is 0 Å². The first-order valence-corrected chi connectivity index (χ1v) is 1.22. The summed E-state index contributed by atoms with van der Waals surface area (Å²) < 4.78 is 0. The van der Waals surface area contributed by atoms with E-state index in [1.54, 1.807) is 0 Å². The number of hydrogen-bond donors (Lipinski definition) is 0. The molecule has 0 radical (unpaired) electrons. The van der Waals surface area contributed by atoms with E-state index in [1.807, 2.05) is 0 Å². The zero-order chi connectivity index (χ0) is 7.15. The first-order chi connectivity index (χ1) is 3.46. The van der Waals surface area contributed by atoms with E-state index in [4.69, 9.17) is 30.0 Å². The van der Waals surface area contributed by atoms with Gasteiger partial charge in [0.05, 0.1) is 0 Å². The van der Waals surface area contributed by atoms with Gasteiger partial charge in [0.2, 0.25) is 0 Å². The van der Waals surface area contributed by atoms with Gasteiger partial charge in [0.1, 0.15) is 0 Å². The molecule has 2 N–H and O–H groups in total.